The second kappa shape index (κ2) is 9.17. The number of piperazine rings is 2. The third-order valence-electron chi connectivity index (χ3n) is 4.83. The van der Waals surface area contributed by atoms with Crippen LogP contribution in [0.5, 0.6) is 0 Å². The first kappa shape index (κ1) is 19.7. The van der Waals surface area contributed by atoms with Crippen molar-refractivity contribution >= 4 is 24.2 Å². The average Bonchev–Trinajstić information content (AvgIpc) is 2.60. The molecular weight excluding hydrogens is 340 g/mol. The number of hydrogen-bond donors (Lipinski definition) is 1. The van der Waals surface area contributed by atoms with Gasteiger partial charge in [-0.3, -0.25) is 9.59 Å². The minimum atomic E-state index is -0.394. The maximum atomic E-state index is 12.7. The number of rotatable bonds is 4. The van der Waals surface area contributed by atoms with Crippen LogP contribution in [0.3, 0.4) is 0 Å². The molecule has 0 saturated carbocycles. The largest absolute Gasteiger partial charge is 0.340 e. The van der Waals surface area contributed by atoms with Crippen molar-refractivity contribution in [2.45, 2.75) is 19.0 Å². The van der Waals surface area contributed by atoms with E-state index in [1.807, 2.05) is 40.1 Å². The number of likely N-dealkylation sites (N-methyl/N-ethyl adjacent to an activating group) is 1. The lowest BCUT2D eigenvalue weighted by atomic mass is 10.1. The van der Waals surface area contributed by atoms with Crippen LogP contribution >= 0.6 is 12.4 Å². The predicted octanol–water partition coefficient (Wildman–Crippen LogP) is 0.573. The van der Waals surface area contributed by atoms with Gasteiger partial charge < -0.3 is 20.0 Å². The van der Waals surface area contributed by atoms with Crippen LogP contribution in [-0.4, -0.2) is 78.9 Å². The third-order valence-corrected chi connectivity index (χ3v) is 4.83. The Bertz CT molecular complexity index is 576. The van der Waals surface area contributed by atoms with Gasteiger partial charge in [0.05, 0.1) is 12.5 Å². The van der Waals surface area contributed by atoms with Crippen molar-refractivity contribution in [3.63, 3.8) is 0 Å². The first-order chi connectivity index (χ1) is 11.6. The van der Waals surface area contributed by atoms with Crippen molar-refractivity contribution in [3.8, 4) is 0 Å². The highest BCUT2D eigenvalue weighted by atomic mass is 35.5. The molecule has 2 aliphatic heterocycles. The second-order valence-electron chi connectivity index (χ2n) is 6.64. The maximum Gasteiger partial charge on any atom is 0.240 e. The molecule has 2 aliphatic rings. The molecule has 1 atom stereocenters. The molecule has 2 heterocycles. The van der Waals surface area contributed by atoms with Crippen LogP contribution in [0.15, 0.2) is 30.3 Å². The topological polar surface area (TPSA) is 55.9 Å². The Hall–Kier alpha value is -1.63. The molecule has 0 bridgehead atoms. The molecule has 0 radical (unpaired) electrons. The lowest BCUT2D eigenvalue weighted by Crippen LogP contribution is -2.56. The Kier molecular flexibility index (Phi) is 7.23. The van der Waals surface area contributed by atoms with Gasteiger partial charge in [0, 0.05) is 45.8 Å². The first-order valence-corrected chi connectivity index (χ1v) is 8.66. The molecule has 6 nitrogen and oxygen atoms in total. The van der Waals surface area contributed by atoms with E-state index in [2.05, 4.69) is 17.3 Å². The van der Waals surface area contributed by atoms with Gasteiger partial charge in [-0.1, -0.05) is 30.3 Å². The van der Waals surface area contributed by atoms with Gasteiger partial charge in [0.1, 0.15) is 0 Å². The lowest BCUT2D eigenvalue weighted by Gasteiger charge is -2.36. The van der Waals surface area contributed by atoms with E-state index in [-0.39, 0.29) is 30.6 Å². The van der Waals surface area contributed by atoms with E-state index in [9.17, 15) is 9.59 Å². The number of hydrogen-bond acceptors (Lipinski definition) is 4. The van der Waals surface area contributed by atoms with Crippen molar-refractivity contribution < 1.29 is 9.59 Å². The smallest absolute Gasteiger partial charge is 0.240 e. The summed E-state index contributed by atoms with van der Waals surface area (Å²) in [6, 6.07) is 9.60. The molecule has 1 aromatic rings. The van der Waals surface area contributed by atoms with Crippen LogP contribution in [0, 0.1) is 0 Å². The maximum absolute atomic E-state index is 12.7. The Morgan fingerprint density at radius 2 is 1.80 bits per heavy atom. The summed E-state index contributed by atoms with van der Waals surface area (Å²) in [5, 5.41) is 3.21. The van der Waals surface area contributed by atoms with Crippen LogP contribution in [0.4, 0.5) is 0 Å². The van der Waals surface area contributed by atoms with Crippen molar-refractivity contribution in [2.75, 3.05) is 46.3 Å². The van der Waals surface area contributed by atoms with E-state index in [0.717, 1.165) is 38.3 Å². The summed E-state index contributed by atoms with van der Waals surface area (Å²) >= 11 is 0. The summed E-state index contributed by atoms with van der Waals surface area (Å²) in [6.07, 6.45) is 0.258. The summed E-state index contributed by atoms with van der Waals surface area (Å²) in [5.41, 5.74) is 1.12. The molecule has 1 N–H and O–H groups in total. The fraction of sp³-hybridized carbons (Fsp3) is 0.556. The molecule has 2 fully saturated rings. The molecular formula is C18H27ClN4O2. The molecule has 3 rings (SSSR count). The number of halogens is 1. The van der Waals surface area contributed by atoms with Crippen LogP contribution in [0.1, 0.15) is 12.0 Å². The minimum Gasteiger partial charge on any atom is -0.340 e. The fourth-order valence-electron chi connectivity index (χ4n) is 3.27. The monoisotopic (exact) mass is 366 g/mol. The molecule has 2 amide bonds. The van der Waals surface area contributed by atoms with Gasteiger partial charge in [-0.05, 0) is 12.6 Å². The minimum absolute atomic E-state index is 0. The molecule has 1 unspecified atom stereocenters. The van der Waals surface area contributed by atoms with E-state index < -0.39 is 6.04 Å². The van der Waals surface area contributed by atoms with Crippen LogP contribution in [0.2, 0.25) is 0 Å². The van der Waals surface area contributed by atoms with E-state index in [0.29, 0.717) is 13.1 Å². The zero-order valence-electron chi connectivity index (χ0n) is 14.7. The van der Waals surface area contributed by atoms with E-state index in [1.54, 1.807) is 0 Å². The highest BCUT2D eigenvalue weighted by Gasteiger charge is 2.31. The highest BCUT2D eigenvalue weighted by molar-refractivity contribution is 5.89. The molecule has 0 aliphatic carbocycles. The number of nitrogens with zero attached hydrogens (tertiary/aromatic N) is 3. The molecule has 0 aromatic heterocycles. The summed E-state index contributed by atoms with van der Waals surface area (Å²) in [5.74, 6) is 0.114. The number of carbonyl (C=O) groups is 2. The van der Waals surface area contributed by atoms with Gasteiger partial charge in [0.2, 0.25) is 11.8 Å². The molecule has 0 spiro atoms. The Morgan fingerprint density at radius 1 is 1.12 bits per heavy atom. The normalized spacial score (nSPS) is 21.8. The fourth-order valence-corrected chi connectivity index (χ4v) is 3.27. The van der Waals surface area contributed by atoms with Gasteiger partial charge >= 0.3 is 0 Å². The van der Waals surface area contributed by atoms with Crippen LogP contribution < -0.4 is 5.32 Å². The van der Waals surface area contributed by atoms with Crippen molar-refractivity contribution in [2.24, 2.45) is 0 Å². The Morgan fingerprint density at radius 3 is 2.48 bits per heavy atom. The number of carbonyl (C=O) groups excluding carboxylic acids is 2. The quantitative estimate of drug-likeness (QED) is 0.846. The van der Waals surface area contributed by atoms with E-state index >= 15 is 0 Å². The predicted molar refractivity (Wildman–Crippen MR) is 99.6 cm³/mol. The number of benzene rings is 1. The van der Waals surface area contributed by atoms with Crippen LogP contribution in [0.25, 0.3) is 0 Å². The Labute approximate surface area is 155 Å². The van der Waals surface area contributed by atoms with Gasteiger partial charge in [-0.25, -0.2) is 0 Å². The second-order valence-corrected chi connectivity index (χ2v) is 6.64. The van der Waals surface area contributed by atoms with Crippen molar-refractivity contribution in [3.05, 3.63) is 35.9 Å². The number of amides is 2. The molecule has 2 saturated heterocycles. The lowest BCUT2D eigenvalue weighted by molar-refractivity contribution is -0.142. The Balaban J connectivity index is 0.00000225. The van der Waals surface area contributed by atoms with E-state index in [1.165, 1.54) is 0 Å². The summed E-state index contributed by atoms with van der Waals surface area (Å²) in [7, 11) is 2.06. The zero-order valence-corrected chi connectivity index (χ0v) is 15.5. The number of nitrogens with one attached hydrogen (secondary N) is 1. The molecule has 138 valence electrons. The average molecular weight is 367 g/mol. The van der Waals surface area contributed by atoms with Gasteiger partial charge in [-0.2, -0.15) is 0 Å². The SMILES string of the molecule is CN1CCN(C(=O)CC2NCCN(Cc3ccccc3)C2=O)CC1.Cl. The summed E-state index contributed by atoms with van der Waals surface area (Å²) in [4.78, 5) is 31.1. The van der Waals surface area contributed by atoms with E-state index in [4.69, 9.17) is 0 Å². The zero-order chi connectivity index (χ0) is 16.9. The molecule has 7 heteroatoms. The molecule has 25 heavy (non-hydrogen) atoms. The van der Waals surface area contributed by atoms with Gasteiger partial charge in [-0.15, -0.1) is 12.4 Å². The standard InChI is InChI=1S/C18H26N4O2.ClH/c1-20-9-11-21(12-10-20)17(23)13-16-18(24)22(8-7-19-16)14-15-5-3-2-4-6-15;/h2-6,16,19H,7-14H2,1H3;1H. The van der Waals surface area contributed by atoms with Crippen LogP contribution in [-0.2, 0) is 16.1 Å². The van der Waals surface area contributed by atoms with Gasteiger partial charge in [0.25, 0.3) is 0 Å². The first-order valence-electron chi connectivity index (χ1n) is 8.66. The van der Waals surface area contributed by atoms with Gasteiger partial charge in [0.15, 0.2) is 0 Å². The highest BCUT2D eigenvalue weighted by Crippen LogP contribution is 2.12. The summed E-state index contributed by atoms with van der Waals surface area (Å²) < 4.78 is 0. The third kappa shape index (κ3) is 5.17. The van der Waals surface area contributed by atoms with Crippen molar-refractivity contribution in [1.82, 2.24) is 20.0 Å². The summed E-state index contributed by atoms with van der Waals surface area (Å²) in [6.45, 7) is 5.34. The van der Waals surface area contributed by atoms with Crippen molar-refractivity contribution in [1.29, 1.82) is 0 Å². The molecule has 1 aromatic carbocycles.